The predicted molar refractivity (Wildman–Crippen MR) is 70.0 cm³/mol. The summed E-state index contributed by atoms with van der Waals surface area (Å²) in [5.41, 5.74) is 1.71. The van der Waals surface area contributed by atoms with Crippen LogP contribution >= 0.6 is 0 Å². The molecule has 0 spiro atoms. The third-order valence-electron chi connectivity index (χ3n) is 2.90. The lowest BCUT2D eigenvalue weighted by atomic mass is 10.2. The van der Waals surface area contributed by atoms with Crippen LogP contribution in [0, 0.1) is 0 Å². The van der Waals surface area contributed by atoms with E-state index in [4.69, 9.17) is 0 Å². The van der Waals surface area contributed by atoms with Crippen LogP contribution in [0.5, 0.6) is 0 Å². The Morgan fingerprint density at radius 3 is 2.68 bits per heavy atom. The molecule has 3 rings (SSSR count). The van der Waals surface area contributed by atoms with Crippen molar-refractivity contribution >= 4 is 16.9 Å². The van der Waals surface area contributed by atoms with E-state index >= 15 is 0 Å². The third kappa shape index (κ3) is 2.06. The van der Waals surface area contributed by atoms with Crippen LogP contribution in [0.25, 0.3) is 10.9 Å². The molecule has 0 aliphatic rings. The highest BCUT2D eigenvalue weighted by molar-refractivity contribution is 6.01. The molecule has 0 radical (unpaired) electrons. The largest absolute Gasteiger partial charge is 0.476 e. The summed E-state index contributed by atoms with van der Waals surface area (Å²) in [4.78, 5) is 15.4. The minimum Gasteiger partial charge on any atom is -0.476 e. The van der Waals surface area contributed by atoms with Gasteiger partial charge in [-0.1, -0.05) is 24.3 Å². The number of nitrogens with zero attached hydrogens (tertiary/aromatic N) is 3. The molecule has 1 N–H and O–H groups in total. The molecule has 0 saturated heterocycles. The molecule has 0 fully saturated rings. The highest BCUT2D eigenvalue weighted by atomic mass is 16.4. The van der Waals surface area contributed by atoms with E-state index in [-0.39, 0.29) is 5.69 Å². The number of aromatic nitrogens is 3. The molecule has 0 saturated carbocycles. The first-order chi connectivity index (χ1) is 9.25. The van der Waals surface area contributed by atoms with Crippen molar-refractivity contribution in [2.75, 3.05) is 0 Å². The van der Waals surface area contributed by atoms with Crippen LogP contribution < -0.4 is 0 Å². The summed E-state index contributed by atoms with van der Waals surface area (Å²) in [6, 6.07) is 12.9. The van der Waals surface area contributed by atoms with E-state index in [0.29, 0.717) is 11.9 Å². The Bertz CT molecular complexity index is 735. The smallest absolute Gasteiger partial charge is 0.357 e. The van der Waals surface area contributed by atoms with Gasteiger partial charge in [-0.25, -0.2) is 4.79 Å². The third-order valence-corrected chi connectivity index (χ3v) is 2.90. The van der Waals surface area contributed by atoms with Crippen LogP contribution in [0.1, 0.15) is 16.2 Å². The summed E-state index contributed by atoms with van der Waals surface area (Å²) < 4.78 is 1.67. The number of pyridine rings is 1. The van der Waals surface area contributed by atoms with Crippen molar-refractivity contribution < 1.29 is 9.90 Å². The monoisotopic (exact) mass is 253 g/mol. The molecule has 0 aliphatic carbocycles. The standard InChI is InChI=1S/C14H11N3O2/c18-14(19)13-11-6-1-2-7-12(11)17(16-13)9-10-5-3-4-8-15-10/h1-8H,9H2,(H,18,19). The van der Waals surface area contributed by atoms with Gasteiger partial charge < -0.3 is 5.11 Å². The average molecular weight is 253 g/mol. The van der Waals surface area contributed by atoms with Gasteiger partial charge in [0.15, 0.2) is 5.69 Å². The van der Waals surface area contributed by atoms with Crippen molar-refractivity contribution in [3.63, 3.8) is 0 Å². The zero-order valence-electron chi connectivity index (χ0n) is 10.0. The van der Waals surface area contributed by atoms with Crippen LogP contribution in [0.15, 0.2) is 48.7 Å². The predicted octanol–water partition coefficient (Wildman–Crippen LogP) is 2.18. The van der Waals surface area contributed by atoms with E-state index in [2.05, 4.69) is 10.1 Å². The lowest BCUT2D eigenvalue weighted by Crippen LogP contribution is -2.05. The Hall–Kier alpha value is -2.69. The summed E-state index contributed by atoms with van der Waals surface area (Å²) in [6.45, 7) is 0.453. The molecule has 0 unspecified atom stereocenters. The number of hydrogen-bond acceptors (Lipinski definition) is 3. The van der Waals surface area contributed by atoms with Crippen molar-refractivity contribution in [1.29, 1.82) is 0 Å². The summed E-state index contributed by atoms with van der Waals surface area (Å²) in [6.07, 6.45) is 1.71. The number of carbonyl (C=O) groups is 1. The van der Waals surface area contributed by atoms with Gasteiger partial charge in [0, 0.05) is 11.6 Å². The van der Waals surface area contributed by atoms with Crippen LogP contribution in [-0.2, 0) is 6.54 Å². The van der Waals surface area contributed by atoms with E-state index in [1.54, 1.807) is 16.9 Å². The minimum atomic E-state index is -1.02. The fourth-order valence-electron chi connectivity index (χ4n) is 2.05. The van der Waals surface area contributed by atoms with Gasteiger partial charge in [0.25, 0.3) is 0 Å². The highest BCUT2D eigenvalue weighted by Crippen LogP contribution is 2.19. The first-order valence-corrected chi connectivity index (χ1v) is 5.84. The maximum Gasteiger partial charge on any atom is 0.357 e. The first kappa shape index (κ1) is 11.4. The quantitative estimate of drug-likeness (QED) is 0.776. The summed E-state index contributed by atoms with van der Waals surface area (Å²) in [7, 11) is 0. The van der Waals surface area contributed by atoms with Crippen molar-refractivity contribution in [1.82, 2.24) is 14.8 Å². The number of fused-ring (bicyclic) bond motifs is 1. The normalized spacial score (nSPS) is 10.7. The number of rotatable bonds is 3. The van der Waals surface area contributed by atoms with Crippen molar-refractivity contribution in [3.05, 3.63) is 60.0 Å². The molecule has 2 heterocycles. The molecule has 1 aromatic carbocycles. The topological polar surface area (TPSA) is 68.0 Å². The Morgan fingerprint density at radius 2 is 1.95 bits per heavy atom. The molecule has 94 valence electrons. The minimum absolute atomic E-state index is 0.0755. The zero-order chi connectivity index (χ0) is 13.2. The second-order valence-corrected chi connectivity index (χ2v) is 4.15. The van der Waals surface area contributed by atoms with Gasteiger partial charge in [0.05, 0.1) is 17.8 Å². The van der Waals surface area contributed by atoms with Gasteiger partial charge in [-0.2, -0.15) is 5.10 Å². The molecule has 0 amide bonds. The molecule has 5 nitrogen and oxygen atoms in total. The molecule has 2 aromatic heterocycles. The van der Waals surface area contributed by atoms with Crippen LogP contribution in [0.3, 0.4) is 0 Å². The SMILES string of the molecule is O=C(O)c1nn(Cc2ccccn2)c2ccccc12. The van der Waals surface area contributed by atoms with Crippen molar-refractivity contribution in [2.24, 2.45) is 0 Å². The van der Waals surface area contributed by atoms with Gasteiger partial charge in [-0.3, -0.25) is 9.67 Å². The van der Waals surface area contributed by atoms with Crippen molar-refractivity contribution in [3.8, 4) is 0 Å². The van der Waals surface area contributed by atoms with Crippen molar-refractivity contribution in [2.45, 2.75) is 6.54 Å². The van der Waals surface area contributed by atoms with E-state index in [1.165, 1.54) is 0 Å². The van der Waals surface area contributed by atoms with E-state index in [1.807, 2.05) is 36.4 Å². The molecule has 0 atom stereocenters. The van der Waals surface area contributed by atoms with Crippen LogP contribution in [0.4, 0.5) is 0 Å². The second kappa shape index (κ2) is 4.53. The van der Waals surface area contributed by atoms with Gasteiger partial charge in [0.2, 0.25) is 0 Å². The van der Waals surface area contributed by atoms with E-state index < -0.39 is 5.97 Å². The van der Waals surface area contributed by atoms with Crippen LogP contribution in [-0.4, -0.2) is 25.8 Å². The fourth-order valence-corrected chi connectivity index (χ4v) is 2.05. The number of para-hydroxylation sites is 1. The highest BCUT2D eigenvalue weighted by Gasteiger charge is 2.15. The Morgan fingerprint density at radius 1 is 1.16 bits per heavy atom. The Kier molecular flexibility index (Phi) is 2.72. The summed E-state index contributed by atoms with van der Waals surface area (Å²) in [5.74, 6) is -1.02. The van der Waals surface area contributed by atoms with E-state index in [0.717, 1.165) is 11.2 Å². The molecular formula is C14H11N3O2. The molecule has 5 heteroatoms. The van der Waals surface area contributed by atoms with E-state index in [9.17, 15) is 9.90 Å². The molecule has 0 aliphatic heterocycles. The molecular weight excluding hydrogens is 242 g/mol. The fraction of sp³-hybridized carbons (Fsp3) is 0.0714. The lowest BCUT2D eigenvalue weighted by molar-refractivity contribution is 0.0691. The van der Waals surface area contributed by atoms with Gasteiger partial charge in [0.1, 0.15) is 0 Å². The number of hydrogen-bond donors (Lipinski definition) is 1. The average Bonchev–Trinajstić information content (AvgIpc) is 2.79. The maximum atomic E-state index is 11.2. The van der Waals surface area contributed by atoms with Gasteiger partial charge in [-0.05, 0) is 18.2 Å². The number of carboxylic acids is 1. The van der Waals surface area contributed by atoms with Gasteiger partial charge >= 0.3 is 5.97 Å². The lowest BCUT2D eigenvalue weighted by Gasteiger charge is -2.02. The van der Waals surface area contributed by atoms with Crippen LogP contribution in [0.2, 0.25) is 0 Å². The maximum absolute atomic E-state index is 11.2. The number of carboxylic acid groups (broad SMARTS) is 1. The second-order valence-electron chi connectivity index (χ2n) is 4.15. The zero-order valence-corrected chi connectivity index (χ0v) is 10.0. The van der Waals surface area contributed by atoms with Gasteiger partial charge in [-0.15, -0.1) is 0 Å². The summed E-state index contributed by atoms with van der Waals surface area (Å²) in [5, 5.41) is 14.0. The first-order valence-electron chi connectivity index (χ1n) is 5.84. The summed E-state index contributed by atoms with van der Waals surface area (Å²) >= 11 is 0. The number of benzene rings is 1. The molecule has 0 bridgehead atoms. The molecule has 19 heavy (non-hydrogen) atoms. The number of aromatic carboxylic acids is 1. The Balaban J connectivity index is 2.11. The molecule has 3 aromatic rings. The Labute approximate surface area is 109 Å².